The molecule has 1 aromatic rings. The van der Waals surface area contributed by atoms with Crippen molar-refractivity contribution in [2.45, 2.75) is 12.8 Å². The van der Waals surface area contributed by atoms with Crippen molar-refractivity contribution in [3.63, 3.8) is 0 Å². The Morgan fingerprint density at radius 2 is 2.00 bits per heavy atom. The maximum Gasteiger partial charge on any atom is 0.325 e. The van der Waals surface area contributed by atoms with Crippen LogP contribution in [0.5, 0.6) is 0 Å². The first-order valence-electron chi connectivity index (χ1n) is 5.45. The molecule has 1 aliphatic rings. The average molecular weight is 234 g/mol. The molecule has 2 heterocycles. The second kappa shape index (κ2) is 5.95. The number of carbonyl (C=O) groups excluding carboxylic acids is 1. The predicted octanol–water partition coefficient (Wildman–Crippen LogP) is 1.29. The Hall–Kier alpha value is -1.95. The lowest BCUT2D eigenvalue weighted by Crippen LogP contribution is -2.26. The van der Waals surface area contributed by atoms with E-state index in [9.17, 15) is 4.79 Å². The second-order valence-electron chi connectivity index (χ2n) is 3.59. The Morgan fingerprint density at radius 3 is 2.71 bits per heavy atom. The zero-order valence-electron chi connectivity index (χ0n) is 9.35. The zero-order valence-corrected chi connectivity index (χ0v) is 9.35. The maximum absolute atomic E-state index is 11.5. The van der Waals surface area contributed by atoms with Crippen molar-refractivity contribution < 1.29 is 9.53 Å². The molecule has 0 aromatic carbocycles. The molecule has 0 unspecified atom stereocenters. The molecule has 6 nitrogen and oxygen atoms in total. The summed E-state index contributed by atoms with van der Waals surface area (Å²) in [7, 11) is 0. The molecule has 0 atom stereocenters. The molecule has 1 aromatic heterocycles. The Kier molecular flexibility index (Phi) is 4.04. The van der Waals surface area contributed by atoms with Gasteiger partial charge in [-0.25, -0.2) is 14.8 Å². The third-order valence-electron chi connectivity index (χ3n) is 2.33. The quantitative estimate of drug-likeness (QED) is 0.808. The van der Waals surface area contributed by atoms with Gasteiger partial charge in [-0.05, 0) is 24.5 Å². The monoisotopic (exact) mass is 234 g/mol. The minimum atomic E-state index is -0.338. The molecule has 0 spiro atoms. The minimum Gasteiger partial charge on any atom is -0.381 e. The minimum absolute atomic E-state index is 0.287. The molecular formula is C11H14N4O2. The van der Waals surface area contributed by atoms with Crippen LogP contribution in [-0.2, 0) is 4.74 Å². The summed E-state index contributed by atoms with van der Waals surface area (Å²) in [5.41, 5.74) is 1.18. The summed E-state index contributed by atoms with van der Waals surface area (Å²) in [6.45, 7) is 1.44. The van der Waals surface area contributed by atoms with Crippen LogP contribution in [0.15, 0.2) is 30.2 Å². The van der Waals surface area contributed by atoms with Gasteiger partial charge in [-0.3, -0.25) is 5.32 Å². The summed E-state index contributed by atoms with van der Waals surface area (Å²) < 4.78 is 5.21. The summed E-state index contributed by atoms with van der Waals surface area (Å²) in [6.07, 6.45) is 6.59. The lowest BCUT2D eigenvalue weighted by Gasteiger charge is -2.14. The molecule has 17 heavy (non-hydrogen) atoms. The van der Waals surface area contributed by atoms with Crippen LogP contribution in [0, 0.1) is 0 Å². The smallest absolute Gasteiger partial charge is 0.325 e. The summed E-state index contributed by atoms with van der Waals surface area (Å²) in [5, 5.41) is 5.19. The zero-order chi connectivity index (χ0) is 11.9. The number of anilines is 1. The van der Waals surface area contributed by atoms with Crippen molar-refractivity contribution in [3.8, 4) is 0 Å². The lowest BCUT2D eigenvalue weighted by atomic mass is 10.1. The predicted molar refractivity (Wildman–Crippen MR) is 62.3 cm³/mol. The van der Waals surface area contributed by atoms with Crippen molar-refractivity contribution in [1.82, 2.24) is 15.3 Å². The van der Waals surface area contributed by atoms with Gasteiger partial charge in [-0.15, -0.1) is 0 Å². The fourth-order valence-corrected chi connectivity index (χ4v) is 1.45. The normalized spacial score (nSPS) is 15.2. The van der Waals surface area contributed by atoms with Crippen LogP contribution in [0.25, 0.3) is 0 Å². The number of nitrogens with zero attached hydrogens (tertiary/aromatic N) is 2. The number of amides is 2. The van der Waals surface area contributed by atoms with Crippen LogP contribution in [0.2, 0.25) is 0 Å². The van der Waals surface area contributed by atoms with Crippen LogP contribution in [0.4, 0.5) is 10.7 Å². The lowest BCUT2D eigenvalue weighted by molar-refractivity contribution is 0.119. The molecule has 2 N–H and O–H groups in total. The highest BCUT2D eigenvalue weighted by Crippen LogP contribution is 2.11. The van der Waals surface area contributed by atoms with Gasteiger partial charge in [0.2, 0.25) is 5.95 Å². The topological polar surface area (TPSA) is 76.1 Å². The van der Waals surface area contributed by atoms with Crippen LogP contribution < -0.4 is 10.6 Å². The third kappa shape index (κ3) is 3.84. The van der Waals surface area contributed by atoms with Crippen LogP contribution in [0.1, 0.15) is 12.8 Å². The first-order valence-corrected chi connectivity index (χ1v) is 5.45. The number of ether oxygens (including phenoxy) is 1. The van der Waals surface area contributed by atoms with Crippen molar-refractivity contribution in [2.75, 3.05) is 18.5 Å². The van der Waals surface area contributed by atoms with Gasteiger partial charge in [0.15, 0.2) is 0 Å². The summed E-state index contributed by atoms with van der Waals surface area (Å²) in [5.74, 6) is 0.287. The second-order valence-corrected chi connectivity index (χ2v) is 3.59. The van der Waals surface area contributed by atoms with E-state index in [4.69, 9.17) is 4.74 Å². The first kappa shape index (κ1) is 11.5. The fourth-order valence-electron chi connectivity index (χ4n) is 1.45. The molecule has 0 bridgehead atoms. The van der Waals surface area contributed by atoms with Crippen molar-refractivity contribution in [2.24, 2.45) is 0 Å². The van der Waals surface area contributed by atoms with E-state index in [2.05, 4.69) is 20.6 Å². The van der Waals surface area contributed by atoms with Gasteiger partial charge in [0.25, 0.3) is 0 Å². The highest BCUT2D eigenvalue weighted by Gasteiger charge is 2.06. The standard InChI is InChI=1S/C11H14N4O2/c16-11(15-10-12-4-1-5-13-10)14-8-9-2-6-17-7-3-9/h1,4-5,8H,2-3,6-7H2,(H2,12,13,14,15,16). The van der Waals surface area contributed by atoms with Gasteiger partial charge < -0.3 is 10.1 Å². The molecule has 0 radical (unpaired) electrons. The molecular weight excluding hydrogens is 220 g/mol. The summed E-state index contributed by atoms with van der Waals surface area (Å²) in [4.78, 5) is 19.3. The number of carbonyl (C=O) groups is 1. The number of hydrogen-bond acceptors (Lipinski definition) is 4. The van der Waals surface area contributed by atoms with E-state index in [-0.39, 0.29) is 12.0 Å². The summed E-state index contributed by atoms with van der Waals surface area (Å²) in [6, 6.07) is 1.35. The van der Waals surface area contributed by atoms with E-state index in [0.717, 1.165) is 26.1 Å². The Labute approximate surface area is 99.1 Å². The number of aromatic nitrogens is 2. The highest BCUT2D eigenvalue weighted by molar-refractivity contribution is 5.87. The molecule has 1 fully saturated rings. The molecule has 1 saturated heterocycles. The van der Waals surface area contributed by atoms with E-state index in [1.807, 2.05) is 0 Å². The Morgan fingerprint density at radius 1 is 1.29 bits per heavy atom. The van der Waals surface area contributed by atoms with Crippen LogP contribution in [0.3, 0.4) is 0 Å². The maximum atomic E-state index is 11.5. The molecule has 6 heteroatoms. The molecule has 1 aliphatic heterocycles. The number of rotatable bonds is 2. The fraction of sp³-hybridized carbons (Fsp3) is 0.364. The molecule has 2 rings (SSSR count). The summed E-state index contributed by atoms with van der Waals surface area (Å²) >= 11 is 0. The van der Waals surface area contributed by atoms with Crippen molar-refractivity contribution >= 4 is 12.0 Å². The van der Waals surface area contributed by atoms with Gasteiger partial charge in [-0.2, -0.15) is 0 Å². The average Bonchev–Trinajstić information content (AvgIpc) is 2.39. The first-order chi connectivity index (χ1) is 8.34. The molecule has 90 valence electrons. The van der Waals surface area contributed by atoms with E-state index < -0.39 is 0 Å². The Balaban J connectivity index is 1.81. The van der Waals surface area contributed by atoms with E-state index in [0.29, 0.717) is 0 Å². The van der Waals surface area contributed by atoms with Crippen molar-refractivity contribution in [3.05, 3.63) is 30.2 Å². The van der Waals surface area contributed by atoms with E-state index in [1.54, 1.807) is 24.7 Å². The largest absolute Gasteiger partial charge is 0.381 e. The number of urea groups is 1. The van der Waals surface area contributed by atoms with Gasteiger partial charge in [0.05, 0.1) is 13.2 Å². The molecule has 0 saturated carbocycles. The van der Waals surface area contributed by atoms with Gasteiger partial charge in [-0.1, -0.05) is 0 Å². The number of nitrogens with one attached hydrogen (secondary N) is 2. The molecule has 2 amide bonds. The van der Waals surface area contributed by atoms with Crippen molar-refractivity contribution in [1.29, 1.82) is 0 Å². The SMILES string of the molecule is O=C(NC=C1CCOCC1)Nc1ncccn1. The molecule has 0 aliphatic carbocycles. The highest BCUT2D eigenvalue weighted by atomic mass is 16.5. The third-order valence-corrected chi connectivity index (χ3v) is 2.33. The van der Waals surface area contributed by atoms with E-state index in [1.165, 1.54) is 5.57 Å². The van der Waals surface area contributed by atoms with Gasteiger partial charge in [0.1, 0.15) is 0 Å². The van der Waals surface area contributed by atoms with Crippen LogP contribution >= 0.6 is 0 Å². The number of hydrogen-bond donors (Lipinski definition) is 2. The van der Waals surface area contributed by atoms with Gasteiger partial charge in [0, 0.05) is 18.6 Å². The van der Waals surface area contributed by atoms with Crippen LogP contribution in [-0.4, -0.2) is 29.2 Å². The van der Waals surface area contributed by atoms with E-state index >= 15 is 0 Å². The van der Waals surface area contributed by atoms with Gasteiger partial charge >= 0.3 is 6.03 Å². The Bertz CT molecular complexity index is 397.